The zero-order chi connectivity index (χ0) is 20.5. The maximum Gasteiger partial charge on any atom is 0.261 e. The molecule has 0 saturated heterocycles. The molecule has 0 heterocycles. The number of hydrogen-bond donors (Lipinski definition) is 1. The van der Waals surface area contributed by atoms with E-state index >= 15 is 0 Å². The monoisotopic (exact) mass is 385 g/mol. The summed E-state index contributed by atoms with van der Waals surface area (Å²) in [6, 6.07) is 13.3. The Morgan fingerprint density at radius 2 is 1.61 bits per heavy atom. The van der Waals surface area contributed by atoms with E-state index < -0.39 is 6.10 Å². The molecule has 2 rings (SSSR count). The standard InChI is InChI=1S/C23H31NO4/c1-6-18-11-9-10-12-20(18)28-17(5)23(25)24-16(4)19-13-14-21(26-7-2)22(15-19)27-8-3/h9-17H,6-8H2,1-5H3,(H,24,25)/t16-,17+/m1/s1. The Morgan fingerprint density at radius 1 is 0.929 bits per heavy atom. The van der Waals surface area contributed by atoms with Crippen molar-refractivity contribution in [2.75, 3.05) is 13.2 Å². The van der Waals surface area contributed by atoms with Gasteiger partial charge in [-0.1, -0.05) is 31.2 Å². The number of nitrogens with one attached hydrogen (secondary N) is 1. The number of carbonyl (C=O) groups is 1. The molecule has 0 aliphatic heterocycles. The van der Waals surface area contributed by atoms with Gasteiger partial charge in [-0.3, -0.25) is 4.79 Å². The number of benzene rings is 2. The average molecular weight is 386 g/mol. The molecule has 152 valence electrons. The molecule has 0 fully saturated rings. The summed E-state index contributed by atoms with van der Waals surface area (Å²) in [6.07, 6.45) is 0.261. The predicted octanol–water partition coefficient (Wildman–Crippen LogP) is 4.69. The van der Waals surface area contributed by atoms with E-state index in [1.165, 1.54) is 0 Å². The molecule has 2 aromatic carbocycles. The fourth-order valence-corrected chi connectivity index (χ4v) is 2.91. The number of hydrogen-bond acceptors (Lipinski definition) is 4. The first kappa shape index (κ1) is 21.6. The lowest BCUT2D eigenvalue weighted by Crippen LogP contribution is -2.37. The second kappa shape index (κ2) is 10.6. The van der Waals surface area contributed by atoms with Gasteiger partial charge in [0, 0.05) is 0 Å². The van der Waals surface area contributed by atoms with Gasteiger partial charge in [0.05, 0.1) is 19.3 Å². The molecular weight excluding hydrogens is 354 g/mol. The van der Waals surface area contributed by atoms with Crippen LogP contribution >= 0.6 is 0 Å². The molecule has 5 heteroatoms. The molecular formula is C23H31NO4. The topological polar surface area (TPSA) is 56.8 Å². The second-order valence-corrected chi connectivity index (χ2v) is 6.52. The normalized spacial score (nSPS) is 12.8. The molecule has 0 aliphatic carbocycles. The van der Waals surface area contributed by atoms with Crippen LogP contribution in [-0.2, 0) is 11.2 Å². The second-order valence-electron chi connectivity index (χ2n) is 6.52. The van der Waals surface area contributed by atoms with Crippen molar-refractivity contribution in [1.82, 2.24) is 5.32 Å². The highest BCUT2D eigenvalue weighted by molar-refractivity contribution is 5.81. The molecule has 2 atom stereocenters. The largest absolute Gasteiger partial charge is 0.490 e. The van der Waals surface area contributed by atoms with Crippen LogP contribution in [0.5, 0.6) is 17.2 Å². The van der Waals surface area contributed by atoms with Crippen molar-refractivity contribution in [3.8, 4) is 17.2 Å². The fourth-order valence-electron chi connectivity index (χ4n) is 2.91. The first-order valence-electron chi connectivity index (χ1n) is 9.94. The molecule has 0 aromatic heterocycles. The van der Waals surface area contributed by atoms with Gasteiger partial charge in [-0.05, 0) is 63.4 Å². The van der Waals surface area contributed by atoms with Crippen LogP contribution in [0.1, 0.15) is 51.8 Å². The van der Waals surface area contributed by atoms with Gasteiger partial charge in [0.2, 0.25) is 0 Å². The Labute approximate surface area is 168 Å². The van der Waals surface area contributed by atoms with E-state index in [1.807, 2.05) is 63.2 Å². The zero-order valence-electron chi connectivity index (χ0n) is 17.5. The fraction of sp³-hybridized carbons (Fsp3) is 0.435. The lowest BCUT2D eigenvalue weighted by molar-refractivity contribution is -0.127. The third-order valence-corrected chi connectivity index (χ3v) is 4.45. The van der Waals surface area contributed by atoms with Gasteiger partial charge in [0.25, 0.3) is 5.91 Å². The van der Waals surface area contributed by atoms with Gasteiger partial charge in [0.1, 0.15) is 5.75 Å². The van der Waals surface area contributed by atoms with Crippen molar-refractivity contribution >= 4 is 5.91 Å². The van der Waals surface area contributed by atoms with E-state index in [2.05, 4.69) is 12.2 Å². The summed E-state index contributed by atoms with van der Waals surface area (Å²) in [7, 11) is 0. The predicted molar refractivity (Wildman–Crippen MR) is 111 cm³/mol. The summed E-state index contributed by atoms with van der Waals surface area (Å²) < 4.78 is 17.2. The SMILES string of the molecule is CCOc1ccc([C@@H](C)NC(=O)[C@H](C)Oc2ccccc2CC)cc1OCC. The third kappa shape index (κ3) is 5.65. The van der Waals surface area contributed by atoms with Gasteiger partial charge >= 0.3 is 0 Å². The van der Waals surface area contributed by atoms with Crippen LogP contribution in [0, 0.1) is 0 Å². The maximum atomic E-state index is 12.6. The highest BCUT2D eigenvalue weighted by atomic mass is 16.5. The number of amides is 1. The number of rotatable bonds is 10. The van der Waals surface area contributed by atoms with Gasteiger partial charge in [-0.2, -0.15) is 0 Å². The smallest absolute Gasteiger partial charge is 0.261 e. The summed E-state index contributed by atoms with van der Waals surface area (Å²) >= 11 is 0. The first-order valence-corrected chi connectivity index (χ1v) is 9.94. The molecule has 0 radical (unpaired) electrons. The summed E-state index contributed by atoms with van der Waals surface area (Å²) in [5, 5.41) is 3.01. The van der Waals surface area contributed by atoms with Gasteiger partial charge in [0.15, 0.2) is 17.6 Å². The van der Waals surface area contributed by atoms with E-state index in [9.17, 15) is 4.79 Å². The van der Waals surface area contributed by atoms with Crippen molar-refractivity contribution < 1.29 is 19.0 Å². The molecule has 0 saturated carbocycles. The highest BCUT2D eigenvalue weighted by Crippen LogP contribution is 2.30. The van der Waals surface area contributed by atoms with Crippen molar-refractivity contribution in [2.24, 2.45) is 0 Å². The van der Waals surface area contributed by atoms with Crippen molar-refractivity contribution in [3.63, 3.8) is 0 Å². The van der Waals surface area contributed by atoms with Crippen LogP contribution in [0.2, 0.25) is 0 Å². The highest BCUT2D eigenvalue weighted by Gasteiger charge is 2.19. The summed E-state index contributed by atoms with van der Waals surface area (Å²) in [4.78, 5) is 12.6. The quantitative estimate of drug-likeness (QED) is 0.644. The molecule has 5 nitrogen and oxygen atoms in total. The Bertz CT molecular complexity index is 775. The van der Waals surface area contributed by atoms with Gasteiger partial charge < -0.3 is 19.5 Å². The van der Waals surface area contributed by atoms with Crippen LogP contribution in [0.15, 0.2) is 42.5 Å². The third-order valence-electron chi connectivity index (χ3n) is 4.45. The molecule has 0 spiro atoms. The van der Waals surface area contributed by atoms with Crippen LogP contribution in [0.3, 0.4) is 0 Å². The molecule has 0 bridgehead atoms. The minimum atomic E-state index is -0.593. The molecule has 1 N–H and O–H groups in total. The Kier molecular flexibility index (Phi) is 8.18. The molecule has 28 heavy (non-hydrogen) atoms. The van der Waals surface area contributed by atoms with E-state index in [1.54, 1.807) is 6.92 Å². The average Bonchev–Trinajstić information content (AvgIpc) is 2.69. The Hall–Kier alpha value is -2.69. The molecule has 1 amide bonds. The van der Waals surface area contributed by atoms with Crippen LogP contribution in [-0.4, -0.2) is 25.2 Å². The van der Waals surface area contributed by atoms with E-state index in [-0.39, 0.29) is 11.9 Å². The number of carbonyl (C=O) groups excluding carboxylic acids is 1. The zero-order valence-corrected chi connectivity index (χ0v) is 17.5. The lowest BCUT2D eigenvalue weighted by atomic mass is 10.1. The summed E-state index contributed by atoms with van der Waals surface area (Å²) in [5.41, 5.74) is 2.03. The molecule has 0 aliphatic rings. The van der Waals surface area contributed by atoms with E-state index in [0.29, 0.717) is 24.7 Å². The molecule has 0 unspecified atom stereocenters. The van der Waals surface area contributed by atoms with E-state index in [4.69, 9.17) is 14.2 Å². The van der Waals surface area contributed by atoms with Crippen molar-refractivity contribution in [2.45, 2.75) is 53.2 Å². The van der Waals surface area contributed by atoms with Gasteiger partial charge in [-0.25, -0.2) is 0 Å². The summed E-state index contributed by atoms with van der Waals surface area (Å²) in [6.45, 7) is 10.8. The van der Waals surface area contributed by atoms with Gasteiger partial charge in [-0.15, -0.1) is 0 Å². The number of aryl methyl sites for hydroxylation is 1. The summed E-state index contributed by atoms with van der Waals surface area (Å²) in [5.74, 6) is 1.98. The number of para-hydroxylation sites is 1. The van der Waals surface area contributed by atoms with Crippen LogP contribution < -0.4 is 19.5 Å². The van der Waals surface area contributed by atoms with Crippen LogP contribution in [0.4, 0.5) is 0 Å². The van der Waals surface area contributed by atoms with Crippen LogP contribution in [0.25, 0.3) is 0 Å². The first-order chi connectivity index (χ1) is 13.5. The van der Waals surface area contributed by atoms with Crippen molar-refractivity contribution in [3.05, 3.63) is 53.6 Å². The minimum Gasteiger partial charge on any atom is -0.490 e. The number of ether oxygens (including phenoxy) is 3. The van der Waals surface area contributed by atoms with Crippen molar-refractivity contribution in [1.29, 1.82) is 0 Å². The Balaban J connectivity index is 2.05. The maximum absolute atomic E-state index is 12.6. The van der Waals surface area contributed by atoms with E-state index in [0.717, 1.165) is 23.3 Å². The molecule has 2 aromatic rings. The lowest BCUT2D eigenvalue weighted by Gasteiger charge is -2.21. The Morgan fingerprint density at radius 3 is 2.29 bits per heavy atom. The minimum absolute atomic E-state index is 0.162.